The molecule has 0 aliphatic heterocycles. The number of alkyl halides is 4. The Morgan fingerprint density at radius 3 is 1.15 bits per heavy atom. The van der Waals surface area contributed by atoms with E-state index in [4.69, 9.17) is 0 Å². The Morgan fingerprint density at radius 2 is 0.850 bits per heavy atom. The predicted molar refractivity (Wildman–Crippen MR) is 68.1 cm³/mol. The van der Waals surface area contributed by atoms with Crippen LogP contribution in [0.1, 0.15) is 22.3 Å². The van der Waals surface area contributed by atoms with Crippen LogP contribution in [0.4, 0.5) is 17.6 Å². The van der Waals surface area contributed by atoms with Crippen LogP contribution in [0.5, 0.6) is 0 Å². The third-order valence-electron chi connectivity index (χ3n) is 3.60. The highest BCUT2D eigenvalue weighted by Crippen LogP contribution is 2.37. The molecule has 0 amide bonds. The second-order valence-corrected chi connectivity index (χ2v) is 5.16. The lowest BCUT2D eigenvalue weighted by molar-refractivity contribution is -0.00652. The molecule has 104 valence electrons. The van der Waals surface area contributed by atoms with E-state index in [9.17, 15) is 17.6 Å². The minimum atomic E-state index is -3.00. The first-order chi connectivity index (χ1) is 9.37. The van der Waals surface area contributed by atoms with Crippen LogP contribution in [0, 0.1) is 0 Å². The normalized spacial score (nSPS) is 19.4. The Labute approximate surface area is 114 Å². The molecule has 2 aromatic rings. The minimum Gasteiger partial charge on any atom is -0.201 e. The van der Waals surface area contributed by atoms with Crippen LogP contribution in [0.3, 0.4) is 0 Å². The summed E-state index contributed by atoms with van der Waals surface area (Å²) in [6, 6.07) is 10.4. The molecular formula is C16H12F4. The molecule has 0 aromatic heterocycles. The molecule has 0 radical (unpaired) electrons. The van der Waals surface area contributed by atoms with Crippen LogP contribution in [-0.4, -0.2) is 0 Å². The Balaban J connectivity index is 2.15. The topological polar surface area (TPSA) is 0 Å². The molecule has 4 aliphatic carbocycles. The lowest BCUT2D eigenvalue weighted by atomic mass is 9.93. The van der Waals surface area contributed by atoms with Gasteiger partial charge in [0.25, 0.3) is 11.8 Å². The van der Waals surface area contributed by atoms with Crippen LogP contribution in [-0.2, 0) is 24.7 Å². The van der Waals surface area contributed by atoms with Gasteiger partial charge in [-0.1, -0.05) is 48.5 Å². The molecule has 0 fully saturated rings. The summed E-state index contributed by atoms with van der Waals surface area (Å²) in [6.07, 6.45) is -0.976. The van der Waals surface area contributed by atoms with Gasteiger partial charge in [0.1, 0.15) is 0 Å². The maximum atomic E-state index is 14.1. The molecule has 0 saturated carbocycles. The highest BCUT2D eigenvalue weighted by Gasteiger charge is 2.35. The minimum absolute atomic E-state index is 0.144. The van der Waals surface area contributed by atoms with E-state index in [-0.39, 0.29) is 11.1 Å². The van der Waals surface area contributed by atoms with Crippen molar-refractivity contribution in [2.75, 3.05) is 0 Å². The summed E-state index contributed by atoms with van der Waals surface area (Å²) in [4.78, 5) is 0. The molecular weight excluding hydrogens is 268 g/mol. The standard InChI is InChI=1S/C16H12F4/c17-15(18)9-11-1-5-13(6-2-11)16(19,20)10-12-3-7-14(15)8-4-12/h1-8H,9-10H2. The zero-order chi connectivity index (χ0) is 14.4. The third kappa shape index (κ3) is 2.30. The molecule has 0 saturated heterocycles. The van der Waals surface area contributed by atoms with Crippen LogP contribution in [0.15, 0.2) is 48.5 Å². The van der Waals surface area contributed by atoms with E-state index < -0.39 is 24.7 Å². The van der Waals surface area contributed by atoms with Gasteiger partial charge in [-0.25, -0.2) is 17.6 Å². The summed E-state index contributed by atoms with van der Waals surface area (Å²) in [6.45, 7) is 0. The second kappa shape index (κ2) is 4.33. The Morgan fingerprint density at radius 1 is 0.550 bits per heavy atom. The molecule has 0 heterocycles. The van der Waals surface area contributed by atoms with Crippen molar-refractivity contribution in [3.05, 3.63) is 70.8 Å². The van der Waals surface area contributed by atoms with Gasteiger partial charge in [0.05, 0.1) is 0 Å². The Bertz CT molecular complexity index is 554. The van der Waals surface area contributed by atoms with E-state index in [0.29, 0.717) is 11.1 Å². The monoisotopic (exact) mass is 280 g/mol. The molecule has 4 bridgehead atoms. The quantitative estimate of drug-likeness (QED) is 0.615. The Kier molecular flexibility index (Phi) is 2.85. The fourth-order valence-electron chi connectivity index (χ4n) is 2.45. The molecule has 0 spiro atoms. The van der Waals surface area contributed by atoms with E-state index >= 15 is 0 Å². The first kappa shape index (κ1) is 13.2. The van der Waals surface area contributed by atoms with Crippen molar-refractivity contribution in [1.29, 1.82) is 0 Å². The first-order valence-electron chi connectivity index (χ1n) is 6.31. The Hall–Kier alpha value is -1.84. The second-order valence-electron chi connectivity index (χ2n) is 5.16. The summed E-state index contributed by atoms with van der Waals surface area (Å²) in [7, 11) is 0. The van der Waals surface area contributed by atoms with Crippen molar-refractivity contribution in [3.8, 4) is 0 Å². The third-order valence-corrected chi connectivity index (χ3v) is 3.60. The number of hydrogen-bond acceptors (Lipinski definition) is 0. The predicted octanol–water partition coefficient (Wildman–Crippen LogP) is 4.67. The van der Waals surface area contributed by atoms with Crippen molar-refractivity contribution in [1.82, 2.24) is 0 Å². The van der Waals surface area contributed by atoms with Gasteiger partial charge >= 0.3 is 0 Å². The smallest absolute Gasteiger partial charge is 0.201 e. The molecule has 4 heteroatoms. The van der Waals surface area contributed by atoms with Gasteiger partial charge in [-0.2, -0.15) is 0 Å². The molecule has 0 unspecified atom stereocenters. The fourth-order valence-corrected chi connectivity index (χ4v) is 2.45. The molecule has 0 nitrogen and oxygen atoms in total. The average Bonchev–Trinajstić information content (AvgIpc) is 2.38. The first-order valence-corrected chi connectivity index (χ1v) is 6.31. The van der Waals surface area contributed by atoms with Gasteiger partial charge in [-0.05, 0) is 11.1 Å². The van der Waals surface area contributed by atoms with Gasteiger partial charge in [0.2, 0.25) is 0 Å². The van der Waals surface area contributed by atoms with Crippen LogP contribution < -0.4 is 0 Å². The molecule has 20 heavy (non-hydrogen) atoms. The summed E-state index contributed by atoms with van der Waals surface area (Å²) in [5.41, 5.74) is 0.404. The van der Waals surface area contributed by atoms with Crippen molar-refractivity contribution in [2.24, 2.45) is 0 Å². The molecule has 6 rings (SSSR count). The summed E-state index contributed by atoms with van der Waals surface area (Å²) in [5.74, 6) is -6.00. The molecule has 0 N–H and O–H groups in total. The molecule has 4 aliphatic rings. The molecule has 2 aromatic carbocycles. The van der Waals surface area contributed by atoms with Crippen molar-refractivity contribution < 1.29 is 17.6 Å². The lowest BCUT2D eigenvalue weighted by Crippen LogP contribution is -2.20. The average molecular weight is 280 g/mol. The number of halogens is 4. The van der Waals surface area contributed by atoms with Gasteiger partial charge < -0.3 is 0 Å². The summed E-state index contributed by atoms with van der Waals surface area (Å²) >= 11 is 0. The van der Waals surface area contributed by atoms with Crippen molar-refractivity contribution in [2.45, 2.75) is 24.7 Å². The van der Waals surface area contributed by atoms with Crippen LogP contribution >= 0.6 is 0 Å². The van der Waals surface area contributed by atoms with E-state index in [2.05, 4.69) is 0 Å². The van der Waals surface area contributed by atoms with Crippen LogP contribution in [0.25, 0.3) is 0 Å². The SMILES string of the molecule is FC1(F)Cc2ccc(cc2)C(F)(F)Cc2ccc1cc2. The number of rotatable bonds is 0. The maximum Gasteiger partial charge on any atom is 0.277 e. The van der Waals surface area contributed by atoms with E-state index in [0.717, 1.165) is 0 Å². The highest BCUT2D eigenvalue weighted by molar-refractivity contribution is 5.33. The zero-order valence-electron chi connectivity index (χ0n) is 10.5. The lowest BCUT2D eigenvalue weighted by Gasteiger charge is -2.22. The van der Waals surface area contributed by atoms with E-state index in [1.807, 2.05) is 0 Å². The largest absolute Gasteiger partial charge is 0.277 e. The van der Waals surface area contributed by atoms with Gasteiger partial charge in [-0.15, -0.1) is 0 Å². The van der Waals surface area contributed by atoms with E-state index in [1.165, 1.54) is 48.5 Å². The summed E-state index contributed by atoms with van der Waals surface area (Å²) < 4.78 is 56.4. The number of benzene rings is 2. The van der Waals surface area contributed by atoms with Gasteiger partial charge in [0, 0.05) is 24.0 Å². The number of hydrogen-bond donors (Lipinski definition) is 0. The van der Waals surface area contributed by atoms with Gasteiger partial charge in [0.15, 0.2) is 0 Å². The fraction of sp³-hybridized carbons (Fsp3) is 0.250. The van der Waals surface area contributed by atoms with Crippen LogP contribution in [0.2, 0.25) is 0 Å². The zero-order valence-corrected chi connectivity index (χ0v) is 10.5. The van der Waals surface area contributed by atoms with Crippen molar-refractivity contribution in [3.63, 3.8) is 0 Å². The van der Waals surface area contributed by atoms with Crippen molar-refractivity contribution >= 4 is 0 Å². The van der Waals surface area contributed by atoms with E-state index in [1.54, 1.807) is 0 Å². The molecule has 0 atom stereocenters. The maximum absolute atomic E-state index is 14.1. The highest BCUT2D eigenvalue weighted by atomic mass is 19.3. The summed E-state index contributed by atoms with van der Waals surface area (Å²) in [5, 5.41) is 0. The van der Waals surface area contributed by atoms with Gasteiger partial charge in [-0.3, -0.25) is 0 Å².